The minimum absolute atomic E-state index is 0.241. The molecule has 0 atom stereocenters. The van der Waals surface area contributed by atoms with Gasteiger partial charge in [-0.25, -0.2) is 4.39 Å². The van der Waals surface area contributed by atoms with Gasteiger partial charge in [-0.05, 0) is 11.6 Å². The predicted octanol–water partition coefficient (Wildman–Crippen LogP) is 2.69. The van der Waals surface area contributed by atoms with Crippen molar-refractivity contribution in [2.24, 2.45) is 5.73 Å². The van der Waals surface area contributed by atoms with E-state index in [0.29, 0.717) is 31.7 Å². The van der Waals surface area contributed by atoms with Gasteiger partial charge in [0.15, 0.2) is 0 Å². The van der Waals surface area contributed by atoms with Gasteiger partial charge in [-0.2, -0.15) is 0 Å². The summed E-state index contributed by atoms with van der Waals surface area (Å²) in [7, 11) is 0. The van der Waals surface area contributed by atoms with Crippen molar-refractivity contribution >= 4 is 5.69 Å². The van der Waals surface area contributed by atoms with Gasteiger partial charge < -0.3 is 5.73 Å². The zero-order valence-corrected chi connectivity index (χ0v) is 12.1. The van der Waals surface area contributed by atoms with E-state index in [9.17, 15) is 14.5 Å². The van der Waals surface area contributed by atoms with Crippen LogP contribution in [0.3, 0.4) is 0 Å². The smallest absolute Gasteiger partial charge is 0.272 e. The van der Waals surface area contributed by atoms with E-state index in [-0.39, 0.29) is 5.69 Å². The van der Waals surface area contributed by atoms with Crippen LogP contribution in [0, 0.1) is 15.9 Å². The first kappa shape index (κ1) is 16.1. The second-order valence-corrected chi connectivity index (χ2v) is 5.02. The monoisotopic (exact) mass is 303 g/mol. The normalized spacial score (nSPS) is 10.9. The van der Waals surface area contributed by atoms with Crippen LogP contribution in [0.15, 0.2) is 48.5 Å². The number of nitrogens with zero attached hydrogens (tertiary/aromatic N) is 2. The molecular weight excluding hydrogens is 285 g/mol. The summed E-state index contributed by atoms with van der Waals surface area (Å²) >= 11 is 0. The number of halogens is 1. The molecule has 0 spiro atoms. The first-order chi connectivity index (χ1) is 10.6. The number of rotatable bonds is 7. The average molecular weight is 303 g/mol. The molecule has 0 amide bonds. The molecule has 2 N–H and O–H groups in total. The fraction of sp³-hybridized carbons (Fsp3) is 0.250. The second-order valence-electron chi connectivity index (χ2n) is 5.02. The first-order valence-corrected chi connectivity index (χ1v) is 6.99. The van der Waals surface area contributed by atoms with Crippen molar-refractivity contribution in [3.05, 3.63) is 75.6 Å². The van der Waals surface area contributed by atoms with Gasteiger partial charge in [0.2, 0.25) is 0 Å². The van der Waals surface area contributed by atoms with E-state index in [2.05, 4.69) is 0 Å². The molecule has 0 heterocycles. The van der Waals surface area contributed by atoms with Crippen LogP contribution in [0.1, 0.15) is 11.1 Å². The summed E-state index contributed by atoms with van der Waals surface area (Å²) in [5.41, 5.74) is 6.91. The third-order valence-corrected chi connectivity index (χ3v) is 3.34. The highest BCUT2D eigenvalue weighted by molar-refractivity contribution is 5.34. The van der Waals surface area contributed by atoms with E-state index < -0.39 is 10.7 Å². The number of nitrogens with two attached hydrogens (primary N) is 1. The summed E-state index contributed by atoms with van der Waals surface area (Å²) in [5, 5.41) is 10.6. The molecule has 0 saturated carbocycles. The third-order valence-electron chi connectivity index (χ3n) is 3.34. The summed E-state index contributed by atoms with van der Waals surface area (Å²) in [5.74, 6) is -0.565. The second kappa shape index (κ2) is 7.63. The van der Waals surface area contributed by atoms with Crippen molar-refractivity contribution < 1.29 is 9.31 Å². The number of non-ortho nitro benzene ring substituents is 1. The Labute approximate surface area is 128 Å². The molecule has 5 nitrogen and oxygen atoms in total. The summed E-state index contributed by atoms with van der Waals surface area (Å²) < 4.78 is 14.0. The van der Waals surface area contributed by atoms with Crippen LogP contribution in [0.5, 0.6) is 0 Å². The Bertz CT molecular complexity index is 635. The maximum atomic E-state index is 14.0. The van der Waals surface area contributed by atoms with Crippen molar-refractivity contribution in [3.8, 4) is 0 Å². The van der Waals surface area contributed by atoms with Crippen molar-refractivity contribution in [2.45, 2.75) is 13.1 Å². The Balaban J connectivity index is 2.12. The van der Waals surface area contributed by atoms with Crippen LogP contribution in [-0.2, 0) is 13.1 Å². The highest BCUT2D eigenvalue weighted by atomic mass is 19.1. The Hall–Kier alpha value is -2.31. The summed E-state index contributed by atoms with van der Waals surface area (Å²) in [6, 6.07) is 13.6. The number of hydrogen-bond acceptors (Lipinski definition) is 4. The Morgan fingerprint density at radius 1 is 1.14 bits per heavy atom. The average Bonchev–Trinajstić information content (AvgIpc) is 2.50. The van der Waals surface area contributed by atoms with Gasteiger partial charge in [0.1, 0.15) is 5.82 Å². The quantitative estimate of drug-likeness (QED) is 0.630. The van der Waals surface area contributed by atoms with Gasteiger partial charge in [-0.15, -0.1) is 0 Å². The molecule has 6 heteroatoms. The highest BCUT2D eigenvalue weighted by Crippen LogP contribution is 2.18. The molecule has 0 aliphatic heterocycles. The zero-order chi connectivity index (χ0) is 15.9. The highest BCUT2D eigenvalue weighted by Gasteiger charge is 2.13. The molecule has 116 valence electrons. The molecule has 2 aromatic rings. The lowest BCUT2D eigenvalue weighted by atomic mass is 10.1. The van der Waals surface area contributed by atoms with Crippen LogP contribution in [0.25, 0.3) is 0 Å². The van der Waals surface area contributed by atoms with Gasteiger partial charge in [-0.3, -0.25) is 15.0 Å². The largest absolute Gasteiger partial charge is 0.329 e. The SMILES string of the molecule is NCCN(Cc1ccccc1)Cc1ccc([N+](=O)[O-])cc1F. The molecule has 0 bridgehead atoms. The van der Waals surface area contributed by atoms with Crippen molar-refractivity contribution in [1.29, 1.82) is 0 Å². The molecule has 0 saturated heterocycles. The lowest BCUT2D eigenvalue weighted by Crippen LogP contribution is -2.29. The molecular formula is C16H18FN3O2. The molecule has 0 unspecified atom stereocenters. The Morgan fingerprint density at radius 3 is 2.45 bits per heavy atom. The number of nitro groups is 1. The maximum absolute atomic E-state index is 14.0. The molecule has 22 heavy (non-hydrogen) atoms. The van der Waals surface area contributed by atoms with Crippen LogP contribution in [-0.4, -0.2) is 22.9 Å². The van der Waals surface area contributed by atoms with E-state index >= 15 is 0 Å². The van der Waals surface area contributed by atoms with E-state index in [4.69, 9.17) is 5.73 Å². The summed E-state index contributed by atoms with van der Waals surface area (Å²) in [4.78, 5) is 12.1. The predicted molar refractivity (Wildman–Crippen MR) is 82.7 cm³/mol. The third kappa shape index (κ3) is 4.34. The molecule has 2 rings (SSSR count). The molecule has 0 aliphatic carbocycles. The van der Waals surface area contributed by atoms with Crippen LogP contribution in [0.4, 0.5) is 10.1 Å². The zero-order valence-electron chi connectivity index (χ0n) is 12.1. The first-order valence-electron chi connectivity index (χ1n) is 6.99. The fourth-order valence-corrected chi connectivity index (χ4v) is 2.26. The molecule has 0 fully saturated rings. The van der Waals surface area contributed by atoms with Gasteiger partial charge in [0.05, 0.1) is 11.0 Å². The maximum Gasteiger partial charge on any atom is 0.272 e. The van der Waals surface area contributed by atoms with E-state index in [0.717, 1.165) is 11.6 Å². The number of nitro benzene ring substituents is 1. The van der Waals surface area contributed by atoms with Crippen LogP contribution >= 0.6 is 0 Å². The number of benzene rings is 2. The Morgan fingerprint density at radius 2 is 1.86 bits per heavy atom. The molecule has 0 aliphatic rings. The molecule has 0 radical (unpaired) electrons. The molecule has 0 aromatic heterocycles. The lowest BCUT2D eigenvalue weighted by molar-refractivity contribution is -0.385. The summed E-state index contributed by atoms with van der Waals surface area (Å²) in [6.07, 6.45) is 0. The number of hydrogen-bond donors (Lipinski definition) is 1. The van der Waals surface area contributed by atoms with E-state index in [1.54, 1.807) is 0 Å². The topological polar surface area (TPSA) is 72.4 Å². The lowest BCUT2D eigenvalue weighted by Gasteiger charge is -2.22. The van der Waals surface area contributed by atoms with Crippen molar-refractivity contribution in [3.63, 3.8) is 0 Å². The van der Waals surface area contributed by atoms with Crippen LogP contribution in [0.2, 0.25) is 0 Å². The Kier molecular flexibility index (Phi) is 5.57. The minimum Gasteiger partial charge on any atom is -0.329 e. The summed E-state index contributed by atoms with van der Waals surface area (Å²) in [6.45, 7) is 2.08. The van der Waals surface area contributed by atoms with Gasteiger partial charge in [0.25, 0.3) is 5.69 Å². The van der Waals surface area contributed by atoms with Gasteiger partial charge in [0, 0.05) is 37.8 Å². The van der Waals surface area contributed by atoms with E-state index in [1.165, 1.54) is 12.1 Å². The minimum atomic E-state index is -0.603. The van der Waals surface area contributed by atoms with E-state index in [1.807, 2.05) is 35.2 Å². The molecule has 2 aromatic carbocycles. The van der Waals surface area contributed by atoms with Crippen molar-refractivity contribution in [2.75, 3.05) is 13.1 Å². The standard InChI is InChI=1S/C16H18FN3O2/c17-16-10-15(20(21)22)7-6-14(16)12-19(9-8-18)11-13-4-2-1-3-5-13/h1-7,10H,8-9,11-12,18H2. The van der Waals surface area contributed by atoms with Crippen LogP contribution < -0.4 is 5.73 Å². The van der Waals surface area contributed by atoms with Gasteiger partial charge >= 0.3 is 0 Å². The fourth-order valence-electron chi connectivity index (χ4n) is 2.26. The van der Waals surface area contributed by atoms with Crippen molar-refractivity contribution in [1.82, 2.24) is 4.90 Å². The van der Waals surface area contributed by atoms with Gasteiger partial charge in [-0.1, -0.05) is 30.3 Å².